The summed E-state index contributed by atoms with van der Waals surface area (Å²) in [5, 5.41) is 8.52. The molecule has 0 heterocycles. The Labute approximate surface area is 70.7 Å². The lowest BCUT2D eigenvalue weighted by Gasteiger charge is -2.10. The highest BCUT2D eigenvalue weighted by Gasteiger charge is 2.54. The molecule has 4 nitrogen and oxygen atoms in total. The largest absolute Gasteiger partial charge is 0.480 e. The maximum Gasteiger partial charge on any atom is 0.335 e. The molecule has 1 fully saturated rings. The fourth-order valence-electron chi connectivity index (χ4n) is 0.966. The van der Waals surface area contributed by atoms with E-state index < -0.39 is 21.9 Å². The number of alkyl halides is 1. The van der Waals surface area contributed by atoms with Gasteiger partial charge in [0, 0.05) is 12.8 Å². The number of hydrogen-bond donors (Lipinski definition) is 1. The summed E-state index contributed by atoms with van der Waals surface area (Å²) < 4.78 is -1.94. The van der Waals surface area contributed by atoms with Gasteiger partial charge in [0.1, 0.15) is 0 Å². The van der Waals surface area contributed by atoms with Gasteiger partial charge in [-0.3, -0.25) is 9.59 Å². The van der Waals surface area contributed by atoms with Crippen LogP contribution in [0.1, 0.15) is 12.8 Å². The van der Waals surface area contributed by atoms with Gasteiger partial charge in [0.05, 0.1) is 0 Å². The number of carboxylic acids is 1. The smallest absolute Gasteiger partial charge is 0.335 e. The van der Waals surface area contributed by atoms with Gasteiger partial charge < -0.3 is 5.11 Å². The lowest BCUT2D eigenvalue weighted by Crippen LogP contribution is -2.42. The monoisotopic (exact) mass is 220 g/mol. The average Bonchev–Trinajstić information content (AvgIpc) is 2.18. The van der Waals surface area contributed by atoms with Crippen molar-refractivity contribution in [2.45, 2.75) is 17.2 Å². The Hall–Kier alpha value is -0.710. The average molecular weight is 221 g/mol. The third-order valence-corrected chi connectivity index (χ3v) is 2.87. The van der Waals surface area contributed by atoms with Crippen LogP contribution in [-0.4, -0.2) is 27.0 Å². The predicted octanol–water partition coefficient (Wildman–Crippen LogP) is 0.137. The van der Waals surface area contributed by atoms with Crippen LogP contribution in [-0.2, 0) is 14.4 Å². The van der Waals surface area contributed by atoms with Gasteiger partial charge in [-0.25, -0.2) is 4.79 Å². The van der Waals surface area contributed by atoms with Gasteiger partial charge in [-0.05, 0) is 0 Å². The molecule has 0 aliphatic heterocycles. The minimum Gasteiger partial charge on any atom is -0.480 e. The van der Waals surface area contributed by atoms with Gasteiger partial charge in [0.2, 0.25) is 4.32 Å². The molecule has 0 radical (unpaired) electrons. The van der Waals surface area contributed by atoms with Crippen molar-refractivity contribution in [3.63, 3.8) is 0 Å². The predicted molar refractivity (Wildman–Crippen MR) is 38.5 cm³/mol. The molecule has 60 valence electrons. The number of carbonyl (C=O) groups is 3. The van der Waals surface area contributed by atoms with Gasteiger partial charge in [-0.15, -0.1) is 0 Å². The van der Waals surface area contributed by atoms with Crippen LogP contribution in [0.5, 0.6) is 0 Å². The second-order valence-corrected chi connectivity index (χ2v) is 3.50. The Morgan fingerprint density at radius 1 is 1.36 bits per heavy atom. The van der Waals surface area contributed by atoms with Crippen LogP contribution in [0.25, 0.3) is 0 Å². The van der Waals surface area contributed by atoms with Crippen LogP contribution < -0.4 is 0 Å². The highest BCUT2D eigenvalue weighted by molar-refractivity contribution is 9.11. The van der Waals surface area contributed by atoms with Gasteiger partial charge in [0.15, 0.2) is 11.6 Å². The van der Waals surface area contributed by atoms with Crippen molar-refractivity contribution in [1.29, 1.82) is 0 Å². The first kappa shape index (κ1) is 8.39. The van der Waals surface area contributed by atoms with Crippen molar-refractivity contribution in [3.05, 3.63) is 0 Å². The zero-order valence-corrected chi connectivity index (χ0v) is 7.05. The molecule has 1 rings (SSSR count). The zero-order valence-electron chi connectivity index (χ0n) is 5.46. The molecule has 0 aromatic carbocycles. The summed E-state index contributed by atoms with van der Waals surface area (Å²) in [5.74, 6) is -2.53. The maximum atomic E-state index is 10.9. The molecule has 5 heteroatoms. The van der Waals surface area contributed by atoms with Crippen LogP contribution in [0.3, 0.4) is 0 Å². The van der Waals surface area contributed by atoms with E-state index in [1.165, 1.54) is 0 Å². The van der Waals surface area contributed by atoms with E-state index in [9.17, 15) is 14.4 Å². The molecular weight excluding hydrogens is 216 g/mol. The molecular formula is C6H5BrO4. The molecule has 1 N–H and O–H groups in total. The number of aliphatic carboxylic acids is 1. The Bertz CT molecular complexity index is 229. The molecule has 0 aromatic heterocycles. The maximum absolute atomic E-state index is 10.9. The van der Waals surface area contributed by atoms with E-state index in [0.717, 1.165) is 0 Å². The summed E-state index contributed by atoms with van der Waals surface area (Å²) in [4.78, 5) is 32.3. The summed E-state index contributed by atoms with van der Waals surface area (Å²) in [6.07, 6.45) is 0.0484. The van der Waals surface area contributed by atoms with Crippen LogP contribution in [0.2, 0.25) is 0 Å². The van der Waals surface area contributed by atoms with E-state index in [4.69, 9.17) is 5.11 Å². The number of ketones is 2. The summed E-state index contributed by atoms with van der Waals surface area (Å²) in [6, 6.07) is 0. The molecule has 0 bridgehead atoms. The zero-order chi connectivity index (χ0) is 8.65. The summed E-state index contributed by atoms with van der Waals surface area (Å²) in [7, 11) is 0. The SMILES string of the molecule is O=C(O)C1(Br)C(=O)CCC1=O. The van der Waals surface area contributed by atoms with E-state index >= 15 is 0 Å². The van der Waals surface area contributed by atoms with E-state index in [2.05, 4.69) is 15.9 Å². The standard InChI is InChI=1S/C6H5BrO4/c7-6(5(10)11)3(8)1-2-4(6)9/h1-2H2,(H,10,11). The number of Topliss-reactive ketones (excluding diaryl/α,β-unsaturated/α-hetero) is 2. The molecule has 1 aliphatic carbocycles. The van der Waals surface area contributed by atoms with E-state index in [-0.39, 0.29) is 12.8 Å². The molecule has 1 saturated carbocycles. The second kappa shape index (κ2) is 2.41. The van der Waals surface area contributed by atoms with Crippen molar-refractivity contribution in [2.24, 2.45) is 0 Å². The Kier molecular flexibility index (Phi) is 1.83. The lowest BCUT2D eigenvalue weighted by atomic mass is 10.1. The fourth-order valence-corrected chi connectivity index (χ4v) is 1.36. The van der Waals surface area contributed by atoms with Gasteiger partial charge in [0.25, 0.3) is 0 Å². The molecule has 0 aromatic rings. The molecule has 11 heavy (non-hydrogen) atoms. The number of rotatable bonds is 1. The molecule has 0 atom stereocenters. The van der Waals surface area contributed by atoms with Crippen molar-refractivity contribution < 1.29 is 19.5 Å². The summed E-state index contributed by atoms with van der Waals surface area (Å²) >= 11 is 2.64. The Balaban J connectivity index is 3.08. The molecule has 1 aliphatic rings. The van der Waals surface area contributed by atoms with Gasteiger partial charge in [-0.1, -0.05) is 15.9 Å². The van der Waals surface area contributed by atoms with Gasteiger partial charge in [-0.2, -0.15) is 0 Å². The Morgan fingerprint density at radius 2 is 1.73 bits per heavy atom. The second-order valence-electron chi connectivity index (χ2n) is 2.31. The topological polar surface area (TPSA) is 71.4 Å². The lowest BCUT2D eigenvalue weighted by molar-refractivity contribution is -0.145. The summed E-state index contributed by atoms with van der Waals surface area (Å²) in [6.45, 7) is 0. The fraction of sp³-hybridized carbons (Fsp3) is 0.500. The molecule has 0 unspecified atom stereocenters. The van der Waals surface area contributed by atoms with E-state index in [1.54, 1.807) is 0 Å². The first-order valence-electron chi connectivity index (χ1n) is 2.98. The summed E-state index contributed by atoms with van der Waals surface area (Å²) in [5.41, 5.74) is 0. The first-order chi connectivity index (χ1) is 4.99. The van der Waals surface area contributed by atoms with Crippen molar-refractivity contribution in [2.75, 3.05) is 0 Å². The van der Waals surface area contributed by atoms with Crippen LogP contribution in [0.15, 0.2) is 0 Å². The van der Waals surface area contributed by atoms with Crippen molar-refractivity contribution in [1.82, 2.24) is 0 Å². The van der Waals surface area contributed by atoms with E-state index in [0.29, 0.717) is 0 Å². The van der Waals surface area contributed by atoms with Crippen LogP contribution >= 0.6 is 15.9 Å². The normalized spacial score (nSPS) is 22.3. The Morgan fingerprint density at radius 3 is 1.91 bits per heavy atom. The minimum atomic E-state index is -1.94. The molecule has 0 saturated heterocycles. The minimum absolute atomic E-state index is 0.0242. The highest BCUT2D eigenvalue weighted by atomic mass is 79.9. The third kappa shape index (κ3) is 0.994. The number of carbonyl (C=O) groups excluding carboxylic acids is 2. The molecule has 0 spiro atoms. The van der Waals surface area contributed by atoms with Crippen LogP contribution in [0, 0.1) is 0 Å². The number of hydrogen-bond acceptors (Lipinski definition) is 3. The van der Waals surface area contributed by atoms with Gasteiger partial charge >= 0.3 is 5.97 Å². The van der Waals surface area contributed by atoms with Crippen LogP contribution in [0.4, 0.5) is 0 Å². The van der Waals surface area contributed by atoms with Crippen molar-refractivity contribution >= 4 is 33.5 Å². The third-order valence-electron chi connectivity index (χ3n) is 1.64. The molecule has 0 amide bonds. The highest BCUT2D eigenvalue weighted by Crippen LogP contribution is 2.31. The van der Waals surface area contributed by atoms with E-state index in [1.807, 2.05) is 0 Å². The number of carboxylic acid groups (broad SMARTS) is 1. The number of halogens is 1. The first-order valence-corrected chi connectivity index (χ1v) is 3.78. The quantitative estimate of drug-likeness (QED) is 0.504. The van der Waals surface area contributed by atoms with Crippen molar-refractivity contribution in [3.8, 4) is 0 Å².